The molecule has 22 heavy (non-hydrogen) atoms. The van der Waals surface area contributed by atoms with E-state index >= 15 is 0 Å². The van der Waals surface area contributed by atoms with Gasteiger partial charge in [-0.15, -0.1) is 0 Å². The van der Waals surface area contributed by atoms with Crippen LogP contribution >= 0.6 is 0 Å². The molecule has 0 radical (unpaired) electrons. The Morgan fingerprint density at radius 3 is 2.00 bits per heavy atom. The van der Waals surface area contributed by atoms with Crippen LogP contribution in [-0.4, -0.2) is 71.8 Å². The van der Waals surface area contributed by atoms with Crippen molar-refractivity contribution in [2.24, 2.45) is 5.11 Å². The molecule has 0 N–H and O–H groups in total. The van der Waals surface area contributed by atoms with Crippen molar-refractivity contribution in [1.82, 2.24) is 0 Å². The van der Waals surface area contributed by atoms with Crippen LogP contribution in [0.15, 0.2) is 5.11 Å². The smallest absolute Gasteiger partial charge is 0.317 e. The van der Waals surface area contributed by atoms with Crippen molar-refractivity contribution < 1.29 is 33.3 Å². The van der Waals surface area contributed by atoms with Gasteiger partial charge in [0.2, 0.25) is 0 Å². The van der Waals surface area contributed by atoms with Crippen molar-refractivity contribution in [3.05, 3.63) is 10.4 Å². The fraction of sp³-hybridized carbons (Fsp3) is 0.833. The lowest BCUT2D eigenvalue weighted by molar-refractivity contribution is -0.154. The van der Waals surface area contributed by atoms with Crippen molar-refractivity contribution >= 4 is 11.9 Å². The maximum atomic E-state index is 11.1. The van der Waals surface area contributed by atoms with E-state index in [-0.39, 0.29) is 13.2 Å². The van der Waals surface area contributed by atoms with Crippen LogP contribution in [-0.2, 0) is 33.3 Å². The first-order valence-electron chi connectivity index (χ1n) is 6.67. The molecule has 0 aromatic heterocycles. The van der Waals surface area contributed by atoms with Crippen molar-refractivity contribution in [1.29, 1.82) is 0 Å². The van der Waals surface area contributed by atoms with Gasteiger partial charge >= 0.3 is 11.9 Å². The van der Waals surface area contributed by atoms with Gasteiger partial charge in [-0.05, 0) is 5.53 Å². The first-order valence-corrected chi connectivity index (χ1v) is 6.67. The molecule has 0 bridgehead atoms. The molecule has 126 valence electrons. The van der Waals surface area contributed by atoms with Crippen LogP contribution in [0.2, 0.25) is 0 Å². The maximum absolute atomic E-state index is 11.1. The van der Waals surface area contributed by atoms with E-state index in [2.05, 4.69) is 14.8 Å². The molecule has 0 aliphatic rings. The third-order valence-corrected chi connectivity index (χ3v) is 2.15. The third-order valence-electron chi connectivity index (χ3n) is 2.15. The summed E-state index contributed by atoms with van der Waals surface area (Å²) in [6.07, 6.45) is -0.403. The first-order chi connectivity index (χ1) is 10.7. The van der Waals surface area contributed by atoms with E-state index in [9.17, 15) is 9.59 Å². The molecular formula is C12H21N3O7. The predicted octanol–water partition coefficient (Wildman–Crippen LogP) is 0.453. The van der Waals surface area contributed by atoms with Crippen LogP contribution in [0.25, 0.3) is 10.4 Å². The van der Waals surface area contributed by atoms with E-state index in [0.717, 1.165) is 0 Å². The fourth-order valence-electron chi connectivity index (χ4n) is 1.15. The Labute approximate surface area is 128 Å². The molecule has 0 aliphatic carbocycles. The molecule has 0 aromatic carbocycles. The van der Waals surface area contributed by atoms with Gasteiger partial charge in [-0.2, -0.15) is 0 Å². The van der Waals surface area contributed by atoms with E-state index in [1.807, 2.05) is 0 Å². The zero-order chi connectivity index (χ0) is 16.5. The number of nitrogens with zero attached hydrogens (tertiary/aromatic N) is 3. The second-order valence-electron chi connectivity index (χ2n) is 3.76. The maximum Gasteiger partial charge on any atom is 0.317 e. The number of azide groups is 1. The van der Waals surface area contributed by atoms with Crippen LogP contribution in [0.3, 0.4) is 0 Å². The molecule has 0 saturated carbocycles. The van der Waals surface area contributed by atoms with Crippen molar-refractivity contribution in [2.45, 2.75) is 6.42 Å². The van der Waals surface area contributed by atoms with Crippen molar-refractivity contribution in [3.63, 3.8) is 0 Å². The molecular weight excluding hydrogens is 298 g/mol. The quantitative estimate of drug-likeness (QED) is 0.113. The Balaban J connectivity index is 3.18. The molecule has 0 atom stereocenters. The lowest BCUT2D eigenvalue weighted by Gasteiger charge is -2.07. The van der Waals surface area contributed by atoms with Gasteiger partial charge in [0, 0.05) is 11.5 Å². The van der Waals surface area contributed by atoms with Crippen molar-refractivity contribution in [3.8, 4) is 0 Å². The molecule has 0 rings (SSSR count). The number of ether oxygens (including phenoxy) is 5. The van der Waals surface area contributed by atoms with Crippen LogP contribution in [0.1, 0.15) is 6.42 Å². The highest BCUT2D eigenvalue weighted by atomic mass is 16.6. The van der Waals surface area contributed by atoms with Gasteiger partial charge in [-0.3, -0.25) is 9.59 Å². The highest BCUT2D eigenvalue weighted by Crippen LogP contribution is 1.90. The fourth-order valence-corrected chi connectivity index (χ4v) is 1.15. The summed E-state index contributed by atoms with van der Waals surface area (Å²) in [6, 6.07) is 0. The van der Waals surface area contributed by atoms with E-state index in [1.54, 1.807) is 0 Å². The minimum absolute atomic E-state index is 0.0678. The number of rotatable bonds is 14. The molecule has 0 spiro atoms. The standard InChI is InChI=1S/C12H21N3O7/c1-18-11(16)10-12(17)22-9-8-21-7-6-20-5-4-19-3-2-14-15-13/h2-10H2,1H3. The molecule has 0 saturated heterocycles. The molecule has 0 fully saturated rings. The highest BCUT2D eigenvalue weighted by Gasteiger charge is 2.09. The van der Waals surface area contributed by atoms with E-state index in [1.165, 1.54) is 7.11 Å². The highest BCUT2D eigenvalue weighted by molar-refractivity contribution is 5.91. The van der Waals surface area contributed by atoms with Gasteiger partial charge in [0.05, 0.1) is 46.8 Å². The summed E-state index contributed by atoms with van der Waals surface area (Å²) in [6.45, 7) is 2.51. The zero-order valence-electron chi connectivity index (χ0n) is 12.6. The molecule has 0 aliphatic heterocycles. The van der Waals surface area contributed by atoms with Gasteiger partial charge in [-0.25, -0.2) is 0 Å². The zero-order valence-corrected chi connectivity index (χ0v) is 12.6. The van der Waals surface area contributed by atoms with Crippen LogP contribution in [0.5, 0.6) is 0 Å². The summed E-state index contributed by atoms with van der Waals surface area (Å²) < 4.78 is 24.6. The number of methoxy groups -OCH3 is 1. The first kappa shape index (κ1) is 20.1. The summed E-state index contributed by atoms with van der Waals surface area (Å²) in [7, 11) is 1.20. The molecule has 10 heteroatoms. The van der Waals surface area contributed by atoms with Gasteiger partial charge < -0.3 is 23.7 Å². The van der Waals surface area contributed by atoms with Crippen LogP contribution in [0, 0.1) is 0 Å². The number of esters is 2. The minimum Gasteiger partial charge on any atom is -0.469 e. The van der Waals surface area contributed by atoms with Gasteiger partial charge in [-0.1, -0.05) is 5.11 Å². The summed E-state index contributed by atoms with van der Waals surface area (Å²) in [5.74, 6) is -1.29. The summed E-state index contributed by atoms with van der Waals surface area (Å²) in [5, 5.41) is 3.31. The number of hydrogen-bond donors (Lipinski definition) is 0. The molecule has 10 nitrogen and oxygen atoms in total. The molecule has 0 heterocycles. The Bertz CT molecular complexity index is 359. The molecule has 0 amide bonds. The average molecular weight is 319 g/mol. The average Bonchev–Trinajstić information content (AvgIpc) is 2.51. The summed E-state index contributed by atoms with van der Waals surface area (Å²) in [5.41, 5.74) is 8.02. The van der Waals surface area contributed by atoms with Crippen molar-refractivity contribution in [2.75, 3.05) is 59.9 Å². The van der Waals surface area contributed by atoms with E-state index in [0.29, 0.717) is 39.6 Å². The molecule has 0 unspecified atom stereocenters. The largest absolute Gasteiger partial charge is 0.469 e. The number of hydrogen-bond acceptors (Lipinski definition) is 8. The summed E-state index contributed by atoms with van der Waals surface area (Å²) >= 11 is 0. The minimum atomic E-state index is -0.649. The van der Waals surface area contributed by atoms with Crippen LogP contribution < -0.4 is 0 Å². The third kappa shape index (κ3) is 14.5. The second kappa shape index (κ2) is 15.5. The predicted molar refractivity (Wildman–Crippen MR) is 74.1 cm³/mol. The Morgan fingerprint density at radius 2 is 1.45 bits per heavy atom. The van der Waals surface area contributed by atoms with Gasteiger partial charge in [0.15, 0.2) is 0 Å². The lowest BCUT2D eigenvalue weighted by Crippen LogP contribution is -2.16. The Morgan fingerprint density at radius 1 is 0.909 bits per heavy atom. The Hall–Kier alpha value is -1.87. The summed E-state index contributed by atoms with van der Waals surface area (Å²) in [4.78, 5) is 24.4. The van der Waals surface area contributed by atoms with E-state index in [4.69, 9.17) is 24.5 Å². The topological polar surface area (TPSA) is 129 Å². The normalized spacial score (nSPS) is 9.86. The Kier molecular flexibility index (Phi) is 14.2. The monoisotopic (exact) mass is 319 g/mol. The SMILES string of the molecule is COC(=O)CC(=O)OCCOCCOCCOCCN=[N+]=[N-]. The van der Waals surface area contributed by atoms with Gasteiger partial charge in [0.25, 0.3) is 0 Å². The second-order valence-corrected chi connectivity index (χ2v) is 3.76. The molecule has 0 aromatic rings. The van der Waals surface area contributed by atoms with Crippen LogP contribution in [0.4, 0.5) is 0 Å². The lowest BCUT2D eigenvalue weighted by atomic mass is 10.4. The number of carbonyl (C=O) groups is 2. The van der Waals surface area contributed by atoms with E-state index < -0.39 is 18.4 Å². The van der Waals surface area contributed by atoms with Gasteiger partial charge in [0.1, 0.15) is 13.0 Å². The number of carbonyl (C=O) groups excluding carboxylic acids is 2.